The molecule has 2 fully saturated rings. The Bertz CT molecular complexity index is 2050. The predicted molar refractivity (Wildman–Crippen MR) is 219 cm³/mol. The number of azide groups is 1. The minimum Gasteiger partial charge on any atom is -0.445 e. The smallest absolute Gasteiger partial charge is 0.410 e. The summed E-state index contributed by atoms with van der Waals surface area (Å²) in [5, 5.41) is 43.6. The lowest BCUT2D eigenvalue weighted by molar-refractivity contribution is -0.269. The number of carbonyl (C=O) groups is 3. The zero-order valence-corrected chi connectivity index (χ0v) is 33.5. The van der Waals surface area contributed by atoms with Crippen molar-refractivity contribution in [2.75, 3.05) is 0 Å². The normalized spacial score (nSPS) is 25.1. The topological polar surface area (TPSA) is 234 Å². The second kappa shape index (κ2) is 21.9. The first-order valence-electron chi connectivity index (χ1n) is 20.0. The van der Waals surface area contributed by atoms with Crippen molar-refractivity contribution in [1.82, 2.24) is 15.5 Å². The summed E-state index contributed by atoms with van der Waals surface area (Å²) in [5.74, 6) is 0. The van der Waals surface area contributed by atoms with Gasteiger partial charge in [-0.3, -0.25) is 4.90 Å². The first kappa shape index (κ1) is 44.4. The van der Waals surface area contributed by atoms with Gasteiger partial charge in [-0.25, -0.2) is 14.4 Å². The van der Waals surface area contributed by atoms with E-state index in [0.29, 0.717) is 17.5 Å². The first-order valence-corrected chi connectivity index (χ1v) is 20.0. The van der Waals surface area contributed by atoms with Crippen LogP contribution in [0.25, 0.3) is 10.4 Å². The molecule has 1 saturated heterocycles. The zero-order valence-electron chi connectivity index (χ0n) is 33.5. The van der Waals surface area contributed by atoms with Crippen LogP contribution in [0.15, 0.2) is 126 Å². The molecule has 0 aromatic heterocycles. The maximum atomic E-state index is 13.8. The monoisotopic (exact) mass is 838 g/mol. The van der Waals surface area contributed by atoms with Crippen LogP contribution >= 0.6 is 0 Å². The van der Waals surface area contributed by atoms with Gasteiger partial charge in [-0.05, 0) is 47.6 Å². The standard InChI is InChI=1S/C44H50N6O11/c1-28(50(24-29-14-6-2-7-15-29)44(56)59-27-32-20-12-5-13-21-32)34-23-22-33(48-49-45)41(60-34)61-40-36(47-43(55)58-26-31-18-10-4-11-19-31)37(51)35(38(52)39(40)53)46-42(54)57-25-30-16-8-3-9-17-30/h2-21,28,33-41,51-53H,22-27H2,1H3,(H,46,54)(H,47,55)/t28?,33-,34+,35-,36+,37-,38+,39-,40-,41-/m1/s1. The highest BCUT2D eigenvalue weighted by atomic mass is 16.7. The molecular weight excluding hydrogens is 789 g/mol. The van der Waals surface area contributed by atoms with Gasteiger partial charge in [0.15, 0.2) is 6.29 Å². The van der Waals surface area contributed by atoms with E-state index >= 15 is 0 Å². The third-order valence-corrected chi connectivity index (χ3v) is 10.7. The third kappa shape index (κ3) is 12.2. The van der Waals surface area contributed by atoms with E-state index in [-0.39, 0.29) is 32.8 Å². The third-order valence-electron chi connectivity index (χ3n) is 10.7. The van der Waals surface area contributed by atoms with Crippen LogP contribution in [0.5, 0.6) is 0 Å². The number of hydrogen-bond donors (Lipinski definition) is 5. The molecule has 61 heavy (non-hydrogen) atoms. The molecule has 17 nitrogen and oxygen atoms in total. The number of amides is 3. The lowest BCUT2D eigenvalue weighted by atomic mass is 9.81. The molecule has 3 amide bonds. The Morgan fingerprint density at radius 2 is 1.18 bits per heavy atom. The second-order valence-corrected chi connectivity index (χ2v) is 14.8. The van der Waals surface area contributed by atoms with E-state index in [9.17, 15) is 35.2 Å². The largest absolute Gasteiger partial charge is 0.445 e. The summed E-state index contributed by atoms with van der Waals surface area (Å²) in [4.78, 5) is 44.5. The average Bonchev–Trinajstić information content (AvgIpc) is 3.29. The molecule has 10 atom stereocenters. The Labute approximate surface area is 352 Å². The summed E-state index contributed by atoms with van der Waals surface area (Å²) < 4.78 is 29.2. The average molecular weight is 839 g/mol. The van der Waals surface area contributed by atoms with E-state index in [4.69, 9.17) is 23.7 Å². The lowest BCUT2D eigenvalue weighted by Gasteiger charge is -2.48. The molecule has 1 aliphatic heterocycles. The van der Waals surface area contributed by atoms with Crippen LogP contribution in [-0.2, 0) is 50.0 Å². The molecule has 4 aromatic rings. The summed E-state index contributed by atoms with van der Waals surface area (Å²) in [7, 11) is 0. The molecule has 6 rings (SSSR count). The highest BCUT2D eigenvalue weighted by Crippen LogP contribution is 2.33. The van der Waals surface area contributed by atoms with Gasteiger partial charge in [0.1, 0.15) is 38.1 Å². The summed E-state index contributed by atoms with van der Waals surface area (Å²) >= 11 is 0. The van der Waals surface area contributed by atoms with Gasteiger partial charge in [0.05, 0.1) is 36.4 Å². The van der Waals surface area contributed by atoms with Crippen LogP contribution in [0.3, 0.4) is 0 Å². The van der Waals surface area contributed by atoms with E-state index in [0.717, 1.165) is 11.1 Å². The summed E-state index contributed by atoms with van der Waals surface area (Å²) in [6, 6.07) is 31.5. The number of nitrogens with zero attached hydrogens (tertiary/aromatic N) is 4. The number of carbonyl (C=O) groups excluding carboxylic acids is 3. The summed E-state index contributed by atoms with van der Waals surface area (Å²) in [6.45, 7) is 1.71. The predicted octanol–water partition coefficient (Wildman–Crippen LogP) is 5.47. The number of nitrogens with one attached hydrogen (secondary N) is 2. The van der Waals surface area contributed by atoms with Gasteiger partial charge in [0.2, 0.25) is 0 Å². The SMILES string of the molecule is CC([C@@H]1CC[C@@H](N=[N+]=[N-])[C@@H](O[C@H]2[C@H](O)[C@@H](O)[C@H](NC(=O)OCc3ccccc3)[C@@H](O)[C@@H]2NC(=O)OCc2ccccc2)O1)N(Cc1ccccc1)C(=O)OCc1ccccc1. The Kier molecular flexibility index (Phi) is 15.9. The van der Waals surface area contributed by atoms with Gasteiger partial charge in [0, 0.05) is 11.5 Å². The van der Waals surface area contributed by atoms with Crippen LogP contribution in [0, 0.1) is 0 Å². The number of aliphatic hydroxyl groups is 3. The first-order chi connectivity index (χ1) is 29.6. The Morgan fingerprint density at radius 1 is 0.705 bits per heavy atom. The van der Waals surface area contributed by atoms with Gasteiger partial charge in [-0.15, -0.1) is 0 Å². The highest BCUT2D eigenvalue weighted by Gasteiger charge is 2.53. The van der Waals surface area contributed by atoms with E-state index in [1.54, 1.807) is 67.6 Å². The maximum absolute atomic E-state index is 13.8. The highest BCUT2D eigenvalue weighted by molar-refractivity contribution is 5.69. The van der Waals surface area contributed by atoms with Crippen molar-refractivity contribution in [3.8, 4) is 0 Å². The fraction of sp³-hybridized carbons (Fsp3) is 0.386. The van der Waals surface area contributed by atoms with Gasteiger partial charge in [-0.1, -0.05) is 126 Å². The van der Waals surface area contributed by atoms with Crippen LogP contribution < -0.4 is 10.6 Å². The van der Waals surface area contributed by atoms with Crippen molar-refractivity contribution >= 4 is 18.3 Å². The second-order valence-electron chi connectivity index (χ2n) is 14.8. The van der Waals surface area contributed by atoms with E-state index in [1.807, 2.05) is 60.7 Å². The maximum Gasteiger partial charge on any atom is 0.410 e. The number of benzene rings is 4. The minimum absolute atomic E-state index is 0.0287. The van der Waals surface area contributed by atoms with Gasteiger partial charge >= 0.3 is 18.3 Å². The van der Waals surface area contributed by atoms with Crippen LogP contribution in [0.2, 0.25) is 0 Å². The van der Waals surface area contributed by atoms with E-state index < -0.39 is 79.3 Å². The lowest BCUT2D eigenvalue weighted by Crippen LogP contribution is -2.73. The van der Waals surface area contributed by atoms with Crippen molar-refractivity contribution in [3.05, 3.63) is 154 Å². The minimum atomic E-state index is -1.88. The van der Waals surface area contributed by atoms with Crippen LogP contribution in [-0.4, -0.2) is 99.5 Å². The van der Waals surface area contributed by atoms with Crippen molar-refractivity contribution in [3.63, 3.8) is 0 Å². The molecule has 1 saturated carbocycles. The Balaban J connectivity index is 1.21. The summed E-state index contributed by atoms with van der Waals surface area (Å²) in [6.07, 6.45) is -11.4. The Hall–Kier alpha value is -6.20. The molecule has 17 heteroatoms. The fourth-order valence-corrected chi connectivity index (χ4v) is 7.32. The number of hydrogen-bond acceptors (Lipinski definition) is 12. The van der Waals surface area contributed by atoms with E-state index in [2.05, 4.69) is 20.7 Å². The zero-order chi connectivity index (χ0) is 43.1. The van der Waals surface area contributed by atoms with Crippen molar-refractivity contribution in [1.29, 1.82) is 0 Å². The van der Waals surface area contributed by atoms with Crippen LogP contribution in [0.4, 0.5) is 14.4 Å². The van der Waals surface area contributed by atoms with Crippen molar-refractivity contribution in [2.45, 2.75) is 107 Å². The molecule has 322 valence electrons. The van der Waals surface area contributed by atoms with Gasteiger partial charge in [-0.2, -0.15) is 0 Å². The van der Waals surface area contributed by atoms with Gasteiger partial charge in [0.25, 0.3) is 0 Å². The molecule has 0 bridgehead atoms. The molecule has 1 unspecified atom stereocenters. The molecule has 5 N–H and O–H groups in total. The number of rotatable bonds is 15. The quantitative estimate of drug-likeness (QED) is 0.0436. The molecule has 1 heterocycles. The van der Waals surface area contributed by atoms with E-state index in [1.165, 1.54) is 4.90 Å². The molecule has 2 aliphatic rings. The molecule has 0 radical (unpaired) electrons. The fourth-order valence-electron chi connectivity index (χ4n) is 7.32. The van der Waals surface area contributed by atoms with Crippen molar-refractivity contribution < 1.29 is 53.4 Å². The molecular formula is C44H50N6O11. The summed E-state index contributed by atoms with van der Waals surface area (Å²) in [5.41, 5.74) is 12.5. The molecule has 4 aromatic carbocycles. The van der Waals surface area contributed by atoms with Gasteiger partial charge < -0.3 is 49.6 Å². The Morgan fingerprint density at radius 3 is 1.69 bits per heavy atom. The van der Waals surface area contributed by atoms with Crippen molar-refractivity contribution in [2.24, 2.45) is 5.11 Å². The van der Waals surface area contributed by atoms with Crippen LogP contribution in [0.1, 0.15) is 42.0 Å². The number of aliphatic hydroxyl groups excluding tert-OH is 3. The molecule has 0 spiro atoms. The molecule has 1 aliphatic carbocycles. The number of alkyl carbamates (subject to hydrolysis) is 2. The number of ether oxygens (including phenoxy) is 5.